The highest BCUT2D eigenvalue weighted by Gasteiger charge is 2.35. The molecule has 1 aliphatic heterocycles. The fraction of sp³-hybridized carbons (Fsp3) is 0.474. The third kappa shape index (κ3) is 4.23. The second-order valence-corrected chi connectivity index (χ2v) is 6.29. The van der Waals surface area contributed by atoms with Gasteiger partial charge in [-0.3, -0.25) is 9.69 Å². The van der Waals surface area contributed by atoms with Gasteiger partial charge in [-0.15, -0.1) is 0 Å². The summed E-state index contributed by atoms with van der Waals surface area (Å²) in [6, 6.07) is 7.37. The van der Waals surface area contributed by atoms with Gasteiger partial charge in [0.1, 0.15) is 6.04 Å². The Balaban J connectivity index is 2.19. The number of rotatable bonds is 6. The van der Waals surface area contributed by atoms with E-state index in [0.717, 1.165) is 23.2 Å². The lowest BCUT2D eigenvalue weighted by molar-refractivity contribution is -0.154. The molecule has 24 heavy (non-hydrogen) atoms. The summed E-state index contributed by atoms with van der Waals surface area (Å²) in [4.78, 5) is 28.7. The van der Waals surface area contributed by atoms with Crippen LogP contribution in [0.25, 0.3) is 0 Å². The molecule has 1 aromatic rings. The summed E-state index contributed by atoms with van der Waals surface area (Å²) in [5.41, 5.74) is 3.21. The van der Waals surface area contributed by atoms with Crippen molar-refractivity contribution in [2.45, 2.75) is 32.9 Å². The summed E-state index contributed by atoms with van der Waals surface area (Å²) >= 11 is 0. The largest absolute Gasteiger partial charge is 0.467 e. The molecule has 130 valence electrons. The first-order chi connectivity index (χ1) is 11.5. The van der Waals surface area contributed by atoms with Crippen molar-refractivity contribution in [3.63, 3.8) is 0 Å². The topological polar surface area (TPSA) is 49.9 Å². The average molecular weight is 330 g/mol. The van der Waals surface area contributed by atoms with Gasteiger partial charge in [-0.05, 0) is 24.6 Å². The van der Waals surface area contributed by atoms with Crippen molar-refractivity contribution in [1.82, 2.24) is 9.80 Å². The normalized spacial score (nSPS) is 16.7. The molecular weight excluding hydrogens is 304 g/mol. The number of likely N-dealkylation sites (N-methyl/N-ethyl adjacent to an activating group) is 1. The quantitative estimate of drug-likeness (QED) is 0.591. The van der Waals surface area contributed by atoms with Crippen LogP contribution in [0.1, 0.15) is 25.0 Å². The van der Waals surface area contributed by atoms with Crippen LogP contribution in [0.5, 0.6) is 0 Å². The van der Waals surface area contributed by atoms with Gasteiger partial charge in [0, 0.05) is 19.5 Å². The number of carbonyl (C=O) groups excluding carboxylic acids is 2. The Bertz CT molecular complexity index is 627. The number of ether oxygens (including phenoxy) is 1. The van der Waals surface area contributed by atoms with Gasteiger partial charge in [0.05, 0.1) is 13.7 Å². The fourth-order valence-corrected chi connectivity index (χ4v) is 3.08. The van der Waals surface area contributed by atoms with Gasteiger partial charge in [-0.2, -0.15) is 0 Å². The van der Waals surface area contributed by atoms with Crippen molar-refractivity contribution >= 4 is 11.9 Å². The standard InChI is InChI=1S/C19H26N2O3/c1-5-20(11-14(2)3)13-18(22)21-12-16-9-7-6-8-15(16)10-17(21)19(23)24-4/h6-9,17H,2,5,10-13H2,1,3-4H3. The second-order valence-electron chi connectivity index (χ2n) is 6.29. The van der Waals surface area contributed by atoms with E-state index >= 15 is 0 Å². The molecule has 1 amide bonds. The third-order valence-electron chi connectivity index (χ3n) is 4.34. The highest BCUT2D eigenvalue weighted by atomic mass is 16.5. The van der Waals surface area contributed by atoms with Gasteiger partial charge in [0.15, 0.2) is 0 Å². The summed E-state index contributed by atoms with van der Waals surface area (Å²) in [6.07, 6.45) is 0.501. The average Bonchev–Trinajstić information content (AvgIpc) is 2.58. The van der Waals surface area contributed by atoms with Crippen LogP contribution in [0.2, 0.25) is 0 Å². The summed E-state index contributed by atoms with van der Waals surface area (Å²) in [7, 11) is 1.37. The predicted octanol–water partition coefficient (Wildman–Crippen LogP) is 2.01. The van der Waals surface area contributed by atoms with Gasteiger partial charge in [0.2, 0.25) is 5.91 Å². The maximum absolute atomic E-state index is 12.8. The van der Waals surface area contributed by atoms with Crippen molar-refractivity contribution in [3.8, 4) is 0 Å². The first kappa shape index (κ1) is 18.2. The zero-order valence-corrected chi connectivity index (χ0v) is 14.7. The zero-order chi connectivity index (χ0) is 17.7. The predicted molar refractivity (Wildman–Crippen MR) is 93.4 cm³/mol. The second kappa shape index (κ2) is 8.11. The van der Waals surface area contributed by atoms with Crippen molar-refractivity contribution in [2.75, 3.05) is 26.7 Å². The molecule has 0 saturated heterocycles. The fourth-order valence-electron chi connectivity index (χ4n) is 3.08. The van der Waals surface area contributed by atoms with E-state index < -0.39 is 6.04 Å². The number of hydrogen-bond acceptors (Lipinski definition) is 4. The van der Waals surface area contributed by atoms with Crippen LogP contribution in [0.3, 0.4) is 0 Å². The highest BCUT2D eigenvalue weighted by Crippen LogP contribution is 2.24. The molecule has 0 N–H and O–H groups in total. The van der Waals surface area contributed by atoms with E-state index in [2.05, 4.69) is 6.58 Å². The van der Waals surface area contributed by atoms with Crippen LogP contribution in [0.4, 0.5) is 0 Å². The van der Waals surface area contributed by atoms with Crippen LogP contribution < -0.4 is 0 Å². The molecular formula is C19H26N2O3. The monoisotopic (exact) mass is 330 g/mol. The van der Waals surface area contributed by atoms with Crippen LogP contribution in [0, 0.1) is 0 Å². The number of carbonyl (C=O) groups is 2. The molecule has 1 atom stereocenters. The zero-order valence-electron chi connectivity index (χ0n) is 14.7. The number of hydrogen-bond donors (Lipinski definition) is 0. The van der Waals surface area contributed by atoms with E-state index in [-0.39, 0.29) is 18.4 Å². The number of methoxy groups -OCH3 is 1. The molecule has 0 aliphatic carbocycles. The summed E-state index contributed by atoms with van der Waals surface area (Å²) in [5, 5.41) is 0. The number of benzene rings is 1. The minimum atomic E-state index is -0.555. The first-order valence-corrected chi connectivity index (χ1v) is 8.27. The molecule has 5 heteroatoms. The molecule has 1 heterocycles. The molecule has 0 radical (unpaired) electrons. The molecule has 0 aromatic heterocycles. The van der Waals surface area contributed by atoms with Gasteiger partial charge in [0.25, 0.3) is 0 Å². The van der Waals surface area contributed by atoms with Crippen LogP contribution in [-0.2, 0) is 27.3 Å². The molecule has 0 spiro atoms. The number of esters is 1. The van der Waals surface area contributed by atoms with Crippen molar-refractivity contribution in [2.24, 2.45) is 0 Å². The Morgan fingerprint density at radius 1 is 1.29 bits per heavy atom. The molecule has 1 aromatic carbocycles. The maximum atomic E-state index is 12.8. The minimum Gasteiger partial charge on any atom is -0.467 e. The molecule has 5 nitrogen and oxygen atoms in total. The molecule has 0 fully saturated rings. The number of fused-ring (bicyclic) bond motifs is 1. The Kier molecular flexibility index (Phi) is 6.15. The van der Waals surface area contributed by atoms with Gasteiger partial charge in [-0.1, -0.05) is 43.3 Å². The maximum Gasteiger partial charge on any atom is 0.328 e. The smallest absolute Gasteiger partial charge is 0.328 e. The third-order valence-corrected chi connectivity index (χ3v) is 4.34. The van der Waals surface area contributed by atoms with Crippen LogP contribution in [-0.4, -0.2) is 54.5 Å². The van der Waals surface area contributed by atoms with Crippen molar-refractivity contribution in [3.05, 3.63) is 47.5 Å². The van der Waals surface area contributed by atoms with Crippen molar-refractivity contribution in [1.29, 1.82) is 0 Å². The Hall–Kier alpha value is -2.14. The van der Waals surface area contributed by atoms with Gasteiger partial charge in [-0.25, -0.2) is 4.79 Å². The van der Waals surface area contributed by atoms with E-state index in [0.29, 0.717) is 19.5 Å². The highest BCUT2D eigenvalue weighted by molar-refractivity contribution is 5.86. The molecule has 0 saturated carbocycles. The first-order valence-electron chi connectivity index (χ1n) is 8.27. The molecule has 1 unspecified atom stereocenters. The van der Waals surface area contributed by atoms with E-state index in [1.165, 1.54) is 7.11 Å². The van der Waals surface area contributed by atoms with Gasteiger partial charge < -0.3 is 9.64 Å². The lowest BCUT2D eigenvalue weighted by Crippen LogP contribution is -2.52. The number of nitrogens with zero attached hydrogens (tertiary/aromatic N) is 2. The van der Waals surface area contributed by atoms with E-state index in [1.54, 1.807) is 4.90 Å². The molecule has 2 rings (SSSR count). The SMILES string of the molecule is C=C(C)CN(CC)CC(=O)N1Cc2ccccc2CC1C(=O)OC. The molecule has 1 aliphatic rings. The van der Waals surface area contributed by atoms with E-state index in [4.69, 9.17) is 4.74 Å². The summed E-state index contributed by atoms with van der Waals surface area (Å²) in [6.45, 7) is 10.0. The van der Waals surface area contributed by atoms with E-state index in [1.807, 2.05) is 43.0 Å². The van der Waals surface area contributed by atoms with Crippen molar-refractivity contribution < 1.29 is 14.3 Å². The Morgan fingerprint density at radius 3 is 2.54 bits per heavy atom. The van der Waals surface area contributed by atoms with Gasteiger partial charge >= 0.3 is 5.97 Å². The lowest BCUT2D eigenvalue weighted by atomic mass is 9.94. The Labute approximate surface area is 143 Å². The van der Waals surface area contributed by atoms with E-state index in [9.17, 15) is 9.59 Å². The Morgan fingerprint density at radius 2 is 1.96 bits per heavy atom. The lowest BCUT2D eigenvalue weighted by Gasteiger charge is -2.36. The summed E-state index contributed by atoms with van der Waals surface area (Å²) in [5.74, 6) is -0.413. The van der Waals surface area contributed by atoms with Crippen LogP contribution in [0.15, 0.2) is 36.4 Å². The summed E-state index contributed by atoms with van der Waals surface area (Å²) < 4.78 is 4.92. The number of amides is 1. The minimum absolute atomic E-state index is 0.0528. The molecule has 0 bridgehead atoms. The van der Waals surface area contributed by atoms with Crippen LogP contribution >= 0.6 is 0 Å².